The van der Waals surface area contributed by atoms with Crippen LogP contribution >= 0.6 is 0 Å². The predicted molar refractivity (Wildman–Crippen MR) is 66.7 cm³/mol. The molecule has 0 aliphatic heterocycles. The molecule has 92 valence electrons. The van der Waals surface area contributed by atoms with E-state index in [9.17, 15) is 0 Å². The van der Waals surface area contributed by atoms with E-state index >= 15 is 0 Å². The van der Waals surface area contributed by atoms with E-state index in [1.807, 2.05) is 30.3 Å². The molecular formula is C13H14N4O. The molecule has 5 heteroatoms. The first-order valence-corrected chi connectivity index (χ1v) is 5.66. The van der Waals surface area contributed by atoms with Gasteiger partial charge in [0.15, 0.2) is 6.61 Å². The smallest absolute Gasteiger partial charge is 0.174 e. The van der Waals surface area contributed by atoms with E-state index in [1.54, 1.807) is 12.4 Å². The number of benzene rings is 1. The van der Waals surface area contributed by atoms with Crippen molar-refractivity contribution in [2.45, 2.75) is 13.1 Å². The highest BCUT2D eigenvalue weighted by molar-refractivity contribution is 5.28. The Bertz CT molecular complexity index is 516. The number of nitrogens with one attached hydrogen (secondary N) is 2. The Labute approximate surface area is 105 Å². The van der Waals surface area contributed by atoms with E-state index < -0.39 is 0 Å². The number of hydrogen-bond acceptors (Lipinski definition) is 4. The molecule has 5 nitrogen and oxygen atoms in total. The first-order chi connectivity index (χ1) is 8.88. The average molecular weight is 242 g/mol. The van der Waals surface area contributed by atoms with Gasteiger partial charge in [-0.2, -0.15) is 5.26 Å². The maximum Gasteiger partial charge on any atom is 0.174 e. The molecule has 1 aromatic heterocycles. The van der Waals surface area contributed by atoms with Gasteiger partial charge in [-0.15, -0.1) is 0 Å². The molecule has 0 unspecified atom stereocenters. The van der Waals surface area contributed by atoms with Gasteiger partial charge in [-0.3, -0.25) is 0 Å². The second kappa shape index (κ2) is 6.42. The molecule has 2 aromatic rings. The first-order valence-electron chi connectivity index (χ1n) is 5.66. The Morgan fingerprint density at radius 2 is 2.33 bits per heavy atom. The molecule has 0 spiro atoms. The molecule has 18 heavy (non-hydrogen) atoms. The van der Waals surface area contributed by atoms with E-state index in [2.05, 4.69) is 15.3 Å². The van der Waals surface area contributed by atoms with Gasteiger partial charge in [0.25, 0.3) is 0 Å². The van der Waals surface area contributed by atoms with Crippen LogP contribution in [-0.4, -0.2) is 16.6 Å². The van der Waals surface area contributed by atoms with E-state index in [4.69, 9.17) is 10.00 Å². The van der Waals surface area contributed by atoms with Gasteiger partial charge in [0, 0.05) is 18.9 Å². The average Bonchev–Trinajstić information content (AvgIpc) is 2.90. The van der Waals surface area contributed by atoms with Crippen molar-refractivity contribution in [3.8, 4) is 11.8 Å². The van der Waals surface area contributed by atoms with Crippen molar-refractivity contribution >= 4 is 0 Å². The fourth-order valence-electron chi connectivity index (χ4n) is 1.58. The van der Waals surface area contributed by atoms with Crippen LogP contribution in [0.4, 0.5) is 0 Å². The zero-order valence-corrected chi connectivity index (χ0v) is 9.89. The van der Waals surface area contributed by atoms with Crippen LogP contribution in [-0.2, 0) is 13.1 Å². The van der Waals surface area contributed by atoms with Gasteiger partial charge < -0.3 is 15.0 Å². The van der Waals surface area contributed by atoms with Gasteiger partial charge in [0.1, 0.15) is 17.6 Å². The highest BCUT2D eigenvalue weighted by Crippen LogP contribution is 2.12. The van der Waals surface area contributed by atoms with Gasteiger partial charge in [0.2, 0.25) is 0 Å². The van der Waals surface area contributed by atoms with Crippen molar-refractivity contribution in [2.24, 2.45) is 0 Å². The standard InChI is InChI=1S/C13H14N4O/c14-4-7-18-12-3-1-2-11(8-12)9-15-10-13-16-5-6-17-13/h1-3,5-6,8,15H,7,9-10H2,(H,16,17). The predicted octanol–water partition coefficient (Wildman–Crippen LogP) is 1.60. The van der Waals surface area contributed by atoms with Gasteiger partial charge in [-0.25, -0.2) is 4.98 Å². The molecular weight excluding hydrogens is 228 g/mol. The SMILES string of the molecule is N#CCOc1cccc(CNCc2ncc[nH]2)c1. The number of rotatable bonds is 6. The fourth-order valence-corrected chi connectivity index (χ4v) is 1.58. The monoisotopic (exact) mass is 242 g/mol. The molecule has 1 heterocycles. The van der Waals surface area contributed by atoms with Crippen LogP contribution in [0.15, 0.2) is 36.7 Å². The number of aromatic amines is 1. The number of ether oxygens (including phenoxy) is 1. The van der Waals surface area contributed by atoms with Crippen LogP contribution in [0.3, 0.4) is 0 Å². The Morgan fingerprint density at radius 1 is 1.39 bits per heavy atom. The largest absolute Gasteiger partial charge is 0.479 e. The third-order valence-electron chi connectivity index (χ3n) is 2.38. The molecule has 0 fully saturated rings. The number of aromatic nitrogens is 2. The van der Waals surface area contributed by atoms with Gasteiger partial charge in [-0.1, -0.05) is 12.1 Å². The van der Waals surface area contributed by atoms with Crippen LogP contribution < -0.4 is 10.1 Å². The maximum absolute atomic E-state index is 8.45. The third kappa shape index (κ3) is 3.61. The lowest BCUT2D eigenvalue weighted by Gasteiger charge is -2.06. The minimum atomic E-state index is 0.0727. The van der Waals surface area contributed by atoms with Crippen molar-refractivity contribution in [3.05, 3.63) is 48.0 Å². The van der Waals surface area contributed by atoms with E-state index in [1.165, 1.54) is 0 Å². The summed E-state index contributed by atoms with van der Waals surface area (Å²) in [6.45, 7) is 1.49. The molecule has 0 aliphatic rings. The third-order valence-corrected chi connectivity index (χ3v) is 2.38. The van der Waals surface area contributed by atoms with Crippen molar-refractivity contribution in [1.82, 2.24) is 15.3 Å². The highest BCUT2D eigenvalue weighted by atomic mass is 16.5. The zero-order valence-electron chi connectivity index (χ0n) is 9.89. The number of H-pyrrole nitrogens is 1. The summed E-state index contributed by atoms with van der Waals surface area (Å²) >= 11 is 0. The van der Waals surface area contributed by atoms with Crippen molar-refractivity contribution in [1.29, 1.82) is 5.26 Å². The molecule has 2 N–H and O–H groups in total. The number of nitriles is 1. The number of nitrogens with zero attached hydrogens (tertiary/aromatic N) is 2. The summed E-state index contributed by atoms with van der Waals surface area (Å²) in [6.07, 6.45) is 3.53. The summed E-state index contributed by atoms with van der Waals surface area (Å²) in [4.78, 5) is 7.16. The van der Waals surface area contributed by atoms with Crippen molar-refractivity contribution in [2.75, 3.05) is 6.61 Å². The highest BCUT2D eigenvalue weighted by Gasteiger charge is 1.98. The van der Waals surface area contributed by atoms with E-state index in [0.29, 0.717) is 12.3 Å². The molecule has 0 saturated heterocycles. The molecule has 0 bridgehead atoms. The fraction of sp³-hybridized carbons (Fsp3) is 0.231. The maximum atomic E-state index is 8.45. The quantitative estimate of drug-likeness (QED) is 0.807. The van der Waals surface area contributed by atoms with Crippen LogP contribution in [0.2, 0.25) is 0 Å². The van der Waals surface area contributed by atoms with Crippen LogP contribution in [0.5, 0.6) is 5.75 Å². The summed E-state index contributed by atoms with van der Waals surface area (Å²) in [6, 6.07) is 9.63. The summed E-state index contributed by atoms with van der Waals surface area (Å²) < 4.78 is 5.24. The minimum absolute atomic E-state index is 0.0727. The Hall–Kier alpha value is -2.32. The van der Waals surface area contributed by atoms with Crippen molar-refractivity contribution in [3.63, 3.8) is 0 Å². The van der Waals surface area contributed by atoms with E-state index in [0.717, 1.165) is 17.9 Å². The second-order valence-corrected chi connectivity index (χ2v) is 3.73. The molecule has 0 saturated carbocycles. The normalized spacial score (nSPS) is 9.94. The summed E-state index contributed by atoms with van der Waals surface area (Å²) in [5.41, 5.74) is 1.11. The summed E-state index contributed by atoms with van der Waals surface area (Å²) in [7, 11) is 0. The van der Waals surface area contributed by atoms with E-state index in [-0.39, 0.29) is 6.61 Å². The Kier molecular flexibility index (Phi) is 4.33. The molecule has 0 atom stereocenters. The van der Waals surface area contributed by atoms with Gasteiger partial charge >= 0.3 is 0 Å². The Balaban J connectivity index is 1.83. The Morgan fingerprint density at radius 3 is 3.11 bits per heavy atom. The van der Waals surface area contributed by atoms with Gasteiger partial charge in [0.05, 0.1) is 6.54 Å². The van der Waals surface area contributed by atoms with Crippen LogP contribution in [0.1, 0.15) is 11.4 Å². The van der Waals surface area contributed by atoms with Crippen molar-refractivity contribution < 1.29 is 4.74 Å². The molecule has 0 aliphatic carbocycles. The lowest BCUT2D eigenvalue weighted by molar-refractivity contribution is 0.367. The molecule has 0 radical (unpaired) electrons. The molecule has 1 aromatic carbocycles. The minimum Gasteiger partial charge on any atom is -0.479 e. The zero-order chi connectivity index (χ0) is 12.6. The van der Waals surface area contributed by atoms with Gasteiger partial charge in [-0.05, 0) is 17.7 Å². The number of hydrogen-bond donors (Lipinski definition) is 2. The van der Waals surface area contributed by atoms with Crippen LogP contribution in [0, 0.1) is 11.3 Å². The first kappa shape index (κ1) is 12.1. The summed E-state index contributed by atoms with van der Waals surface area (Å²) in [5, 5.41) is 11.7. The van der Waals surface area contributed by atoms with Crippen LogP contribution in [0.25, 0.3) is 0 Å². The summed E-state index contributed by atoms with van der Waals surface area (Å²) in [5.74, 6) is 1.63. The topological polar surface area (TPSA) is 73.7 Å². The number of imidazole rings is 1. The second-order valence-electron chi connectivity index (χ2n) is 3.73. The lowest BCUT2D eigenvalue weighted by Crippen LogP contribution is -2.13. The molecule has 0 amide bonds. The lowest BCUT2D eigenvalue weighted by atomic mass is 10.2. The molecule has 2 rings (SSSR count).